The molecule has 1 spiro atoms. The van der Waals surface area contributed by atoms with E-state index in [1.54, 1.807) is 23.0 Å². The van der Waals surface area contributed by atoms with Gasteiger partial charge in [-0.1, -0.05) is 17.7 Å². The maximum Gasteiger partial charge on any atom is 0.414 e. The number of halogens is 1. The average molecular weight is 568 g/mol. The van der Waals surface area contributed by atoms with E-state index in [-0.39, 0.29) is 6.09 Å². The number of benzene rings is 2. The van der Waals surface area contributed by atoms with Gasteiger partial charge in [-0.05, 0) is 51.5 Å². The van der Waals surface area contributed by atoms with Crippen LogP contribution in [0.15, 0.2) is 36.7 Å². The second-order valence-electron chi connectivity index (χ2n) is 11.2. The number of ether oxygens (including phenoxy) is 3. The van der Waals surface area contributed by atoms with Crippen LogP contribution in [0.4, 0.5) is 26.8 Å². The standard InChI is InChI=1S/C29H34ClN5O5/c1-18-20(30)7-6-8-21(18)33-25-19-15-23(24(38-5)16-22(19)31-17-32-25)35-14-11-29(40-27(35)37)9-12-34(13-10-29)26(36)39-28(2,3)4/h6-8,15-17H,9-14H2,1-5H3,(H,31,32,33). The van der Waals surface area contributed by atoms with Crippen molar-refractivity contribution >= 4 is 51.9 Å². The molecule has 2 aromatic carbocycles. The number of hydrogen-bond acceptors (Lipinski definition) is 8. The number of carbonyl (C=O) groups excluding carboxylic acids is 2. The zero-order chi connectivity index (χ0) is 28.7. The van der Waals surface area contributed by atoms with Gasteiger partial charge in [-0.3, -0.25) is 4.90 Å². The van der Waals surface area contributed by atoms with E-state index in [0.717, 1.165) is 16.6 Å². The number of anilines is 3. The lowest BCUT2D eigenvalue weighted by molar-refractivity contribution is -0.0522. The van der Waals surface area contributed by atoms with E-state index < -0.39 is 17.3 Å². The predicted molar refractivity (Wildman–Crippen MR) is 154 cm³/mol. The van der Waals surface area contributed by atoms with Crippen LogP contribution in [-0.2, 0) is 9.47 Å². The minimum atomic E-state index is -0.615. The first-order valence-corrected chi connectivity index (χ1v) is 13.7. The molecule has 2 aliphatic heterocycles. The molecule has 0 aliphatic carbocycles. The van der Waals surface area contributed by atoms with E-state index in [4.69, 9.17) is 25.8 Å². The lowest BCUT2D eigenvalue weighted by Crippen LogP contribution is -2.55. The fraction of sp³-hybridized carbons (Fsp3) is 0.448. The summed E-state index contributed by atoms with van der Waals surface area (Å²) in [7, 11) is 1.56. The number of nitrogens with one attached hydrogen (secondary N) is 1. The third kappa shape index (κ3) is 5.58. The monoisotopic (exact) mass is 567 g/mol. The number of fused-ring (bicyclic) bond motifs is 1. The average Bonchev–Trinajstić information content (AvgIpc) is 2.90. The molecule has 212 valence electrons. The molecule has 3 aromatic rings. The molecule has 3 heterocycles. The molecular weight excluding hydrogens is 534 g/mol. The van der Waals surface area contributed by atoms with Crippen LogP contribution in [0.5, 0.6) is 5.75 Å². The molecule has 40 heavy (non-hydrogen) atoms. The largest absolute Gasteiger partial charge is 0.494 e. The third-order valence-corrected chi connectivity index (χ3v) is 7.80. The molecule has 11 heteroatoms. The van der Waals surface area contributed by atoms with Crippen molar-refractivity contribution in [2.75, 3.05) is 37.0 Å². The highest BCUT2D eigenvalue weighted by molar-refractivity contribution is 6.31. The van der Waals surface area contributed by atoms with Crippen molar-refractivity contribution in [1.29, 1.82) is 0 Å². The third-order valence-electron chi connectivity index (χ3n) is 7.39. The van der Waals surface area contributed by atoms with E-state index in [9.17, 15) is 9.59 Å². The SMILES string of the molecule is COc1cc2ncnc(Nc3cccc(Cl)c3C)c2cc1N1CCC2(CCN(C(=O)OC(C)(C)C)CC2)OC1=O. The molecule has 2 fully saturated rings. The van der Waals surface area contributed by atoms with Crippen LogP contribution in [0.3, 0.4) is 0 Å². The summed E-state index contributed by atoms with van der Waals surface area (Å²) in [6, 6.07) is 9.27. The predicted octanol–water partition coefficient (Wildman–Crippen LogP) is 6.46. The van der Waals surface area contributed by atoms with Gasteiger partial charge in [0.1, 0.15) is 29.1 Å². The second-order valence-corrected chi connectivity index (χ2v) is 11.6. The Hall–Kier alpha value is -3.79. The number of likely N-dealkylation sites (tertiary alicyclic amines) is 1. The fourth-order valence-electron chi connectivity index (χ4n) is 5.11. The van der Waals surface area contributed by atoms with Gasteiger partial charge in [-0.25, -0.2) is 19.6 Å². The molecule has 0 unspecified atom stereocenters. The first-order valence-electron chi connectivity index (χ1n) is 13.3. The van der Waals surface area contributed by atoms with Gasteiger partial charge in [0.15, 0.2) is 0 Å². The highest BCUT2D eigenvalue weighted by atomic mass is 35.5. The summed E-state index contributed by atoms with van der Waals surface area (Å²) in [6.07, 6.45) is 2.42. The molecular formula is C29H34ClN5O5. The van der Waals surface area contributed by atoms with Crippen LogP contribution in [0, 0.1) is 6.92 Å². The minimum absolute atomic E-state index is 0.341. The number of rotatable bonds is 4. The summed E-state index contributed by atoms with van der Waals surface area (Å²) >= 11 is 6.32. The van der Waals surface area contributed by atoms with Gasteiger partial charge < -0.3 is 24.4 Å². The molecule has 1 aromatic heterocycles. The van der Waals surface area contributed by atoms with Crippen molar-refractivity contribution < 1.29 is 23.8 Å². The highest BCUT2D eigenvalue weighted by Gasteiger charge is 2.45. The van der Waals surface area contributed by atoms with Crippen LogP contribution in [0.25, 0.3) is 10.9 Å². The molecule has 2 amide bonds. The highest BCUT2D eigenvalue weighted by Crippen LogP contribution is 2.41. The van der Waals surface area contributed by atoms with Gasteiger partial charge in [-0.2, -0.15) is 0 Å². The topological polar surface area (TPSA) is 106 Å². The Bertz CT molecular complexity index is 1450. The summed E-state index contributed by atoms with van der Waals surface area (Å²) in [6.45, 7) is 8.85. The minimum Gasteiger partial charge on any atom is -0.494 e. The lowest BCUT2D eigenvalue weighted by Gasteiger charge is -2.45. The molecule has 1 N–H and O–H groups in total. The lowest BCUT2D eigenvalue weighted by atomic mass is 9.87. The van der Waals surface area contributed by atoms with E-state index >= 15 is 0 Å². The number of carbonyl (C=O) groups is 2. The summed E-state index contributed by atoms with van der Waals surface area (Å²) in [5.74, 6) is 1.08. The Labute approximate surface area is 238 Å². The quantitative estimate of drug-likeness (QED) is 0.383. The normalized spacial score (nSPS) is 17.1. The zero-order valence-corrected chi connectivity index (χ0v) is 24.2. The Kier molecular flexibility index (Phi) is 7.39. The number of amides is 2. The van der Waals surface area contributed by atoms with E-state index in [1.165, 1.54) is 6.33 Å². The molecule has 5 rings (SSSR count). The van der Waals surface area contributed by atoms with Gasteiger partial charge in [-0.15, -0.1) is 0 Å². The molecule has 2 aliphatic rings. The van der Waals surface area contributed by atoms with Crippen LogP contribution >= 0.6 is 11.6 Å². The second kappa shape index (κ2) is 10.6. The molecule has 0 atom stereocenters. The van der Waals surface area contributed by atoms with Gasteiger partial charge in [0.25, 0.3) is 0 Å². The summed E-state index contributed by atoms with van der Waals surface area (Å²) in [5, 5.41) is 4.72. The number of hydrogen-bond donors (Lipinski definition) is 1. The Morgan fingerprint density at radius 3 is 2.52 bits per heavy atom. The first kappa shape index (κ1) is 27.8. The van der Waals surface area contributed by atoms with Crippen LogP contribution in [0.1, 0.15) is 45.6 Å². The molecule has 0 bridgehead atoms. The first-order chi connectivity index (χ1) is 19.0. The van der Waals surface area contributed by atoms with Gasteiger partial charge in [0.05, 0.1) is 18.3 Å². The smallest absolute Gasteiger partial charge is 0.414 e. The maximum absolute atomic E-state index is 13.4. The Balaban J connectivity index is 1.37. The molecule has 2 saturated heterocycles. The number of nitrogens with zero attached hydrogens (tertiary/aromatic N) is 4. The van der Waals surface area contributed by atoms with Crippen molar-refractivity contribution in [1.82, 2.24) is 14.9 Å². The van der Waals surface area contributed by atoms with Crippen LogP contribution in [-0.4, -0.2) is 65.0 Å². The van der Waals surface area contributed by atoms with Crippen LogP contribution < -0.4 is 15.0 Å². The fourth-order valence-corrected chi connectivity index (χ4v) is 5.28. The zero-order valence-electron chi connectivity index (χ0n) is 23.4. The van der Waals surface area contributed by atoms with Crippen molar-refractivity contribution in [3.05, 3.63) is 47.2 Å². The van der Waals surface area contributed by atoms with E-state index in [1.807, 2.05) is 52.0 Å². The summed E-state index contributed by atoms with van der Waals surface area (Å²) < 4.78 is 17.2. The van der Waals surface area contributed by atoms with Gasteiger partial charge >= 0.3 is 12.2 Å². The van der Waals surface area contributed by atoms with Crippen molar-refractivity contribution in [3.8, 4) is 5.75 Å². The van der Waals surface area contributed by atoms with Gasteiger partial charge in [0, 0.05) is 61.1 Å². The number of aromatic nitrogens is 2. The van der Waals surface area contributed by atoms with Crippen molar-refractivity contribution in [3.63, 3.8) is 0 Å². The Morgan fingerprint density at radius 1 is 1.12 bits per heavy atom. The van der Waals surface area contributed by atoms with Gasteiger partial charge in [0.2, 0.25) is 0 Å². The molecule has 0 radical (unpaired) electrons. The summed E-state index contributed by atoms with van der Waals surface area (Å²) in [5.41, 5.74) is 1.77. The van der Waals surface area contributed by atoms with E-state index in [2.05, 4.69) is 15.3 Å². The molecule has 10 nitrogen and oxygen atoms in total. The molecule has 0 saturated carbocycles. The van der Waals surface area contributed by atoms with Crippen LogP contribution in [0.2, 0.25) is 5.02 Å². The maximum atomic E-state index is 13.4. The van der Waals surface area contributed by atoms with E-state index in [0.29, 0.717) is 66.7 Å². The number of methoxy groups -OCH3 is 1. The Morgan fingerprint density at radius 2 is 1.85 bits per heavy atom. The number of piperidine rings is 1. The van der Waals surface area contributed by atoms with Crippen molar-refractivity contribution in [2.24, 2.45) is 0 Å². The summed E-state index contributed by atoms with van der Waals surface area (Å²) in [4.78, 5) is 38.1. The van der Waals surface area contributed by atoms with Crippen molar-refractivity contribution in [2.45, 2.75) is 58.2 Å².